The lowest BCUT2D eigenvalue weighted by atomic mass is 9.93. The van der Waals surface area contributed by atoms with Crippen LogP contribution in [0.15, 0.2) is 48.5 Å². The van der Waals surface area contributed by atoms with Gasteiger partial charge in [0, 0.05) is 34.8 Å². The molecule has 0 atom stereocenters. The lowest BCUT2D eigenvalue weighted by Gasteiger charge is -2.26. The van der Waals surface area contributed by atoms with E-state index < -0.39 is 0 Å². The number of nitrogens with one attached hydrogen (secondary N) is 3. The maximum atomic E-state index is 12.0. The van der Waals surface area contributed by atoms with Crippen LogP contribution in [0.2, 0.25) is 0 Å². The van der Waals surface area contributed by atoms with E-state index in [-0.39, 0.29) is 6.03 Å². The second-order valence-corrected chi connectivity index (χ2v) is 7.06. The number of anilines is 1. The van der Waals surface area contributed by atoms with Gasteiger partial charge in [-0.25, -0.2) is 4.79 Å². The number of carbonyl (C=O) groups excluding carboxylic acids is 1. The molecule has 0 radical (unpaired) electrons. The first kappa shape index (κ1) is 15.2. The van der Waals surface area contributed by atoms with Crippen LogP contribution in [0, 0.1) is 0 Å². The second kappa shape index (κ2) is 6.02. The number of amides is 2. The van der Waals surface area contributed by atoms with Gasteiger partial charge in [0.15, 0.2) is 0 Å². The summed E-state index contributed by atoms with van der Waals surface area (Å²) in [6.45, 7) is 0. The van der Waals surface area contributed by atoms with Crippen molar-refractivity contribution in [3.05, 3.63) is 59.7 Å². The molecule has 5 nitrogen and oxygen atoms in total. The Labute approximate surface area is 151 Å². The highest BCUT2D eigenvalue weighted by atomic mass is 16.2. The van der Waals surface area contributed by atoms with Crippen LogP contribution >= 0.6 is 0 Å². The molecule has 1 saturated carbocycles. The number of carbonyl (C=O) groups is 1. The molecule has 1 fully saturated rings. The van der Waals surface area contributed by atoms with Gasteiger partial charge in [0.25, 0.3) is 0 Å². The molecule has 2 aromatic carbocycles. The predicted octanol–water partition coefficient (Wildman–Crippen LogP) is 4.32. The SMILES string of the molecule is O=C(Nc1ccc(-c2n[nH]c3c2Cc2ccccc2-3)cc1)NC1CCC1. The molecule has 0 unspecified atom stereocenters. The average Bonchev–Trinajstić information content (AvgIpc) is 3.18. The molecule has 5 rings (SSSR count). The van der Waals surface area contributed by atoms with Gasteiger partial charge in [0.1, 0.15) is 0 Å². The fourth-order valence-corrected chi connectivity index (χ4v) is 3.72. The summed E-state index contributed by atoms with van der Waals surface area (Å²) in [5.41, 5.74) is 7.78. The fraction of sp³-hybridized carbons (Fsp3) is 0.238. The highest BCUT2D eigenvalue weighted by molar-refractivity contribution is 5.90. The molecule has 26 heavy (non-hydrogen) atoms. The van der Waals surface area contributed by atoms with Gasteiger partial charge in [-0.2, -0.15) is 5.10 Å². The molecule has 5 heteroatoms. The van der Waals surface area contributed by atoms with Crippen molar-refractivity contribution in [1.82, 2.24) is 15.5 Å². The molecule has 1 aromatic heterocycles. The van der Waals surface area contributed by atoms with Gasteiger partial charge in [-0.15, -0.1) is 0 Å². The lowest BCUT2D eigenvalue weighted by Crippen LogP contribution is -2.41. The minimum Gasteiger partial charge on any atom is -0.335 e. The van der Waals surface area contributed by atoms with E-state index >= 15 is 0 Å². The Morgan fingerprint density at radius 1 is 1.08 bits per heavy atom. The zero-order chi connectivity index (χ0) is 17.5. The van der Waals surface area contributed by atoms with E-state index in [2.05, 4.69) is 45.1 Å². The standard InChI is InChI=1S/C21H20N4O/c26-21(22-15-5-3-6-15)23-16-10-8-13(9-11-16)19-18-12-14-4-1-2-7-17(14)20(18)25-24-19/h1-2,4,7-11,15H,3,5-6,12H2,(H,24,25)(H2,22,23,26). The third-order valence-corrected chi connectivity index (χ3v) is 5.38. The van der Waals surface area contributed by atoms with Gasteiger partial charge >= 0.3 is 6.03 Å². The lowest BCUT2D eigenvalue weighted by molar-refractivity contribution is 0.240. The van der Waals surface area contributed by atoms with Crippen LogP contribution in [0.4, 0.5) is 10.5 Å². The Morgan fingerprint density at radius 2 is 1.88 bits per heavy atom. The molecule has 1 heterocycles. The van der Waals surface area contributed by atoms with Crippen LogP contribution in [-0.4, -0.2) is 22.3 Å². The molecule has 2 aliphatic rings. The minimum absolute atomic E-state index is 0.126. The van der Waals surface area contributed by atoms with E-state index in [0.29, 0.717) is 6.04 Å². The molecule has 3 N–H and O–H groups in total. The van der Waals surface area contributed by atoms with Crippen molar-refractivity contribution in [1.29, 1.82) is 0 Å². The Kier molecular flexibility index (Phi) is 3.52. The molecule has 0 aliphatic heterocycles. The second-order valence-electron chi connectivity index (χ2n) is 7.06. The molecule has 0 bridgehead atoms. The molecule has 2 amide bonds. The summed E-state index contributed by atoms with van der Waals surface area (Å²) in [5.74, 6) is 0. The van der Waals surface area contributed by atoms with Crippen LogP contribution in [0.1, 0.15) is 30.4 Å². The van der Waals surface area contributed by atoms with Crippen molar-refractivity contribution in [2.24, 2.45) is 0 Å². The number of hydrogen-bond acceptors (Lipinski definition) is 2. The minimum atomic E-state index is -0.126. The molecule has 0 saturated heterocycles. The summed E-state index contributed by atoms with van der Waals surface area (Å²) in [6.07, 6.45) is 4.27. The van der Waals surface area contributed by atoms with Crippen molar-refractivity contribution in [2.75, 3.05) is 5.32 Å². The van der Waals surface area contributed by atoms with E-state index in [4.69, 9.17) is 0 Å². The van der Waals surface area contributed by atoms with Gasteiger partial charge in [-0.3, -0.25) is 5.10 Å². The number of hydrogen-bond donors (Lipinski definition) is 3. The normalized spacial score (nSPS) is 15.1. The molecular weight excluding hydrogens is 324 g/mol. The Bertz CT molecular complexity index is 970. The summed E-state index contributed by atoms with van der Waals surface area (Å²) >= 11 is 0. The fourth-order valence-electron chi connectivity index (χ4n) is 3.72. The van der Waals surface area contributed by atoms with Crippen molar-refractivity contribution in [2.45, 2.75) is 31.7 Å². The summed E-state index contributed by atoms with van der Waals surface area (Å²) < 4.78 is 0. The number of aromatic nitrogens is 2. The van der Waals surface area contributed by atoms with Crippen LogP contribution in [0.5, 0.6) is 0 Å². The van der Waals surface area contributed by atoms with E-state index in [9.17, 15) is 4.79 Å². The highest BCUT2D eigenvalue weighted by Crippen LogP contribution is 2.39. The Hall–Kier alpha value is -3.08. The zero-order valence-corrected chi connectivity index (χ0v) is 14.4. The van der Waals surface area contributed by atoms with Gasteiger partial charge in [-0.1, -0.05) is 36.4 Å². The molecule has 0 spiro atoms. The van der Waals surface area contributed by atoms with Crippen molar-refractivity contribution in [3.8, 4) is 22.5 Å². The quantitative estimate of drug-likeness (QED) is 0.518. The molecular formula is C21H20N4O. The molecule has 130 valence electrons. The van der Waals surface area contributed by atoms with E-state index in [1.807, 2.05) is 24.3 Å². The summed E-state index contributed by atoms with van der Waals surface area (Å²) in [4.78, 5) is 12.0. The van der Waals surface area contributed by atoms with Gasteiger partial charge in [-0.05, 0) is 37.0 Å². The smallest absolute Gasteiger partial charge is 0.319 e. The van der Waals surface area contributed by atoms with Crippen LogP contribution in [-0.2, 0) is 6.42 Å². The number of fused-ring (bicyclic) bond motifs is 3. The van der Waals surface area contributed by atoms with Crippen LogP contribution < -0.4 is 10.6 Å². The maximum Gasteiger partial charge on any atom is 0.319 e. The summed E-state index contributed by atoms with van der Waals surface area (Å²) in [7, 11) is 0. The number of aromatic amines is 1. The summed E-state index contributed by atoms with van der Waals surface area (Å²) in [5, 5.41) is 13.6. The van der Waals surface area contributed by atoms with E-state index in [1.165, 1.54) is 23.1 Å². The number of nitrogens with zero attached hydrogens (tertiary/aromatic N) is 1. The number of urea groups is 1. The van der Waals surface area contributed by atoms with E-state index in [0.717, 1.165) is 41.9 Å². The molecule has 3 aromatic rings. The Morgan fingerprint density at radius 3 is 2.65 bits per heavy atom. The Balaban J connectivity index is 1.34. The topological polar surface area (TPSA) is 69.8 Å². The number of benzene rings is 2. The first-order valence-corrected chi connectivity index (χ1v) is 9.11. The number of rotatable bonds is 3. The first-order chi connectivity index (χ1) is 12.8. The highest BCUT2D eigenvalue weighted by Gasteiger charge is 2.24. The first-order valence-electron chi connectivity index (χ1n) is 9.11. The predicted molar refractivity (Wildman–Crippen MR) is 102 cm³/mol. The van der Waals surface area contributed by atoms with Crippen LogP contribution in [0.25, 0.3) is 22.5 Å². The zero-order valence-electron chi connectivity index (χ0n) is 14.4. The molecule has 2 aliphatic carbocycles. The summed E-state index contributed by atoms with van der Waals surface area (Å²) in [6, 6.07) is 16.5. The van der Waals surface area contributed by atoms with Gasteiger partial charge in [0.05, 0.1) is 11.4 Å². The van der Waals surface area contributed by atoms with Crippen LogP contribution in [0.3, 0.4) is 0 Å². The third kappa shape index (κ3) is 2.56. The largest absolute Gasteiger partial charge is 0.335 e. The van der Waals surface area contributed by atoms with Gasteiger partial charge < -0.3 is 10.6 Å². The van der Waals surface area contributed by atoms with Gasteiger partial charge in [0.2, 0.25) is 0 Å². The van der Waals surface area contributed by atoms with Crippen molar-refractivity contribution < 1.29 is 4.79 Å². The average molecular weight is 344 g/mol. The maximum absolute atomic E-state index is 12.0. The van der Waals surface area contributed by atoms with Crippen molar-refractivity contribution in [3.63, 3.8) is 0 Å². The number of H-pyrrole nitrogens is 1. The van der Waals surface area contributed by atoms with E-state index in [1.54, 1.807) is 0 Å². The van der Waals surface area contributed by atoms with Crippen molar-refractivity contribution >= 4 is 11.7 Å². The monoisotopic (exact) mass is 344 g/mol. The third-order valence-electron chi connectivity index (χ3n) is 5.38.